The van der Waals surface area contributed by atoms with Gasteiger partial charge < -0.3 is 0 Å². The lowest BCUT2D eigenvalue weighted by Gasteiger charge is -1.94. The minimum atomic E-state index is 1.09. The average molecular weight is 125 g/mol. The molecular formula is C9H17. The number of rotatable bonds is 6. The van der Waals surface area contributed by atoms with Crippen LogP contribution in [0.1, 0.15) is 45.4 Å². The van der Waals surface area contributed by atoms with Gasteiger partial charge in [0.1, 0.15) is 0 Å². The summed E-state index contributed by atoms with van der Waals surface area (Å²) in [5.74, 6) is 0. The second-order valence-corrected chi connectivity index (χ2v) is 2.44. The van der Waals surface area contributed by atoms with Gasteiger partial charge in [-0.25, -0.2) is 0 Å². The van der Waals surface area contributed by atoms with E-state index in [1.165, 1.54) is 32.1 Å². The molecule has 53 valence electrons. The van der Waals surface area contributed by atoms with Crippen molar-refractivity contribution in [2.75, 3.05) is 0 Å². The average Bonchev–Trinajstić information content (AvgIpc) is 1.89. The van der Waals surface area contributed by atoms with Gasteiger partial charge in [-0.05, 0) is 12.8 Å². The molecule has 0 spiro atoms. The molecule has 0 unspecified atom stereocenters. The molecule has 0 aliphatic rings. The third kappa shape index (κ3) is 7.74. The Hall–Kier alpha value is -0.260. The van der Waals surface area contributed by atoms with E-state index in [-0.39, 0.29) is 0 Å². The highest BCUT2D eigenvalue weighted by Crippen LogP contribution is 2.04. The molecule has 9 heavy (non-hydrogen) atoms. The van der Waals surface area contributed by atoms with Crippen molar-refractivity contribution in [3.8, 4) is 0 Å². The molecule has 0 fully saturated rings. The molecule has 0 N–H and O–H groups in total. The molecule has 0 heterocycles. The summed E-state index contributed by atoms with van der Waals surface area (Å²) in [5, 5.41) is 0. The molecule has 0 saturated heterocycles. The van der Waals surface area contributed by atoms with Gasteiger partial charge in [0.15, 0.2) is 0 Å². The molecule has 0 aromatic carbocycles. The van der Waals surface area contributed by atoms with E-state index in [1.54, 1.807) is 6.08 Å². The molecule has 0 aliphatic carbocycles. The van der Waals surface area contributed by atoms with Gasteiger partial charge in [0, 0.05) is 0 Å². The second-order valence-electron chi connectivity index (χ2n) is 2.44. The van der Waals surface area contributed by atoms with E-state index in [4.69, 9.17) is 6.58 Å². The van der Waals surface area contributed by atoms with Gasteiger partial charge in [0.05, 0.1) is 0 Å². The normalized spacial score (nSPS) is 9.44. The summed E-state index contributed by atoms with van der Waals surface area (Å²) in [4.78, 5) is 0. The van der Waals surface area contributed by atoms with Crippen LogP contribution in [0.25, 0.3) is 0 Å². The summed E-state index contributed by atoms with van der Waals surface area (Å²) in [7, 11) is 0. The minimum absolute atomic E-state index is 1.09. The molecule has 0 nitrogen and oxygen atoms in total. The van der Waals surface area contributed by atoms with Crippen molar-refractivity contribution in [3.05, 3.63) is 12.7 Å². The molecule has 0 aliphatic heterocycles. The quantitative estimate of drug-likeness (QED) is 0.478. The van der Waals surface area contributed by atoms with Gasteiger partial charge in [-0.3, -0.25) is 0 Å². The summed E-state index contributed by atoms with van der Waals surface area (Å²) in [5.41, 5.74) is 0. The standard InChI is InChI=1S/C9H17/c1-3-5-7-9-8-6-4-2/h1,3H,4-9H2,2H3. The van der Waals surface area contributed by atoms with Crippen molar-refractivity contribution < 1.29 is 0 Å². The second kappa shape index (κ2) is 7.74. The molecular weight excluding hydrogens is 108 g/mol. The van der Waals surface area contributed by atoms with Gasteiger partial charge in [-0.2, -0.15) is 0 Å². The molecule has 0 amide bonds. The topological polar surface area (TPSA) is 0 Å². The highest BCUT2D eigenvalue weighted by atomic mass is 13.9. The van der Waals surface area contributed by atoms with Gasteiger partial charge >= 0.3 is 0 Å². The first-order valence-electron chi connectivity index (χ1n) is 3.95. The first-order valence-corrected chi connectivity index (χ1v) is 3.95. The van der Waals surface area contributed by atoms with Gasteiger partial charge in [-0.1, -0.05) is 45.3 Å². The Kier molecular flexibility index (Phi) is 7.52. The summed E-state index contributed by atoms with van der Waals surface area (Å²) in [6, 6.07) is 0. The maximum atomic E-state index is 5.22. The van der Waals surface area contributed by atoms with E-state index in [0.717, 1.165) is 6.42 Å². The first-order chi connectivity index (χ1) is 4.41. The highest BCUT2D eigenvalue weighted by Gasteiger charge is 1.84. The van der Waals surface area contributed by atoms with Gasteiger partial charge in [-0.15, -0.1) is 0 Å². The Balaban J connectivity index is 2.66. The van der Waals surface area contributed by atoms with Crippen molar-refractivity contribution in [1.29, 1.82) is 0 Å². The van der Waals surface area contributed by atoms with E-state index < -0.39 is 0 Å². The largest absolute Gasteiger partial charge is 0.0845 e. The molecule has 1 radical (unpaired) electrons. The van der Waals surface area contributed by atoms with Crippen molar-refractivity contribution in [2.24, 2.45) is 0 Å². The highest BCUT2D eigenvalue weighted by molar-refractivity contribution is 4.61. The maximum absolute atomic E-state index is 5.22. The lowest BCUT2D eigenvalue weighted by molar-refractivity contribution is 0.637. The fraction of sp³-hybridized carbons (Fsp3) is 0.778. The van der Waals surface area contributed by atoms with Crippen LogP contribution in [0.4, 0.5) is 0 Å². The molecule has 0 aromatic rings. The van der Waals surface area contributed by atoms with Crippen molar-refractivity contribution >= 4 is 0 Å². The van der Waals surface area contributed by atoms with E-state index in [9.17, 15) is 0 Å². The predicted molar refractivity (Wildman–Crippen MR) is 42.2 cm³/mol. The van der Waals surface area contributed by atoms with Crippen LogP contribution in [-0.2, 0) is 0 Å². The molecule has 0 bridgehead atoms. The SMILES string of the molecule is [CH]=CCCCCCCC. The Bertz CT molecular complexity index is 55.1. The fourth-order valence-electron chi connectivity index (χ4n) is 0.866. The predicted octanol–water partition coefficient (Wildman–Crippen LogP) is 3.34. The van der Waals surface area contributed by atoms with E-state index in [2.05, 4.69) is 6.92 Å². The first kappa shape index (κ1) is 8.74. The Morgan fingerprint density at radius 3 is 2.33 bits per heavy atom. The third-order valence-electron chi connectivity index (χ3n) is 1.47. The summed E-state index contributed by atoms with van der Waals surface area (Å²) < 4.78 is 0. The Morgan fingerprint density at radius 2 is 1.78 bits per heavy atom. The number of hydrogen-bond donors (Lipinski definition) is 0. The van der Waals surface area contributed by atoms with Crippen molar-refractivity contribution in [1.82, 2.24) is 0 Å². The van der Waals surface area contributed by atoms with E-state index >= 15 is 0 Å². The summed E-state index contributed by atoms with van der Waals surface area (Å²) in [6.45, 7) is 7.45. The summed E-state index contributed by atoms with van der Waals surface area (Å²) >= 11 is 0. The lowest BCUT2D eigenvalue weighted by atomic mass is 10.1. The molecule has 0 atom stereocenters. The zero-order valence-electron chi connectivity index (χ0n) is 6.40. The Morgan fingerprint density at radius 1 is 1.11 bits per heavy atom. The summed E-state index contributed by atoms with van der Waals surface area (Å²) in [6.07, 6.45) is 9.55. The smallest absolute Gasteiger partial charge is 0.0348 e. The van der Waals surface area contributed by atoms with Crippen LogP contribution in [0, 0.1) is 6.58 Å². The molecule has 0 saturated carbocycles. The maximum Gasteiger partial charge on any atom is -0.0348 e. The number of allylic oxidation sites excluding steroid dienone is 1. The van der Waals surface area contributed by atoms with E-state index in [0.29, 0.717) is 0 Å². The lowest BCUT2D eigenvalue weighted by Crippen LogP contribution is -1.74. The van der Waals surface area contributed by atoms with Crippen molar-refractivity contribution in [3.63, 3.8) is 0 Å². The number of hydrogen-bond acceptors (Lipinski definition) is 0. The van der Waals surface area contributed by atoms with Crippen LogP contribution in [0.5, 0.6) is 0 Å². The van der Waals surface area contributed by atoms with Crippen LogP contribution in [-0.4, -0.2) is 0 Å². The minimum Gasteiger partial charge on any atom is -0.0845 e. The fourth-order valence-corrected chi connectivity index (χ4v) is 0.866. The molecule has 0 aromatic heterocycles. The van der Waals surface area contributed by atoms with Crippen LogP contribution in [0.15, 0.2) is 6.08 Å². The van der Waals surface area contributed by atoms with Crippen LogP contribution in [0.3, 0.4) is 0 Å². The van der Waals surface area contributed by atoms with Crippen LogP contribution < -0.4 is 0 Å². The van der Waals surface area contributed by atoms with Crippen LogP contribution in [0.2, 0.25) is 0 Å². The van der Waals surface area contributed by atoms with Crippen LogP contribution >= 0.6 is 0 Å². The molecule has 0 rings (SSSR count). The zero-order valence-corrected chi connectivity index (χ0v) is 6.40. The Labute approximate surface area is 59.0 Å². The zero-order chi connectivity index (χ0) is 6.95. The monoisotopic (exact) mass is 125 g/mol. The van der Waals surface area contributed by atoms with E-state index in [1.807, 2.05) is 0 Å². The van der Waals surface area contributed by atoms with Crippen molar-refractivity contribution in [2.45, 2.75) is 45.4 Å². The molecule has 0 heteroatoms. The number of unbranched alkanes of at least 4 members (excludes halogenated alkanes) is 5. The van der Waals surface area contributed by atoms with Gasteiger partial charge in [0.25, 0.3) is 0 Å². The third-order valence-corrected chi connectivity index (χ3v) is 1.47. The van der Waals surface area contributed by atoms with Gasteiger partial charge in [0.2, 0.25) is 0 Å².